The number of nitrogens with one attached hydrogen (secondary N) is 1. The van der Waals surface area contributed by atoms with Gasteiger partial charge in [-0.2, -0.15) is 0 Å². The van der Waals surface area contributed by atoms with Crippen LogP contribution in [-0.2, 0) is 4.74 Å². The van der Waals surface area contributed by atoms with Crippen LogP contribution in [-0.4, -0.2) is 48.7 Å². The van der Waals surface area contributed by atoms with Gasteiger partial charge >= 0.3 is 0 Å². The Morgan fingerprint density at radius 2 is 1.96 bits per heavy atom. The molecule has 0 atom stereocenters. The molecular weight excluding hydrogens is 360 g/mol. The molecule has 1 fully saturated rings. The largest absolute Gasteiger partial charge is 0.382 e. The van der Waals surface area contributed by atoms with Gasteiger partial charge < -0.3 is 15.0 Å². The molecule has 1 saturated heterocycles. The number of hydrogen-bond acceptors (Lipinski definition) is 6. The standard InChI is InChI=1S/C20H30N4O2S/c1-3-26-13-9-10-21-19(25)17-15(2)16-18(22-14-23-20(16)27-17)24-11-7-5-4-6-8-12-24/h14H,3-13H2,1-2H3,(H,21,25). The van der Waals surface area contributed by atoms with E-state index in [9.17, 15) is 4.79 Å². The van der Waals surface area contributed by atoms with Gasteiger partial charge in [0.25, 0.3) is 5.91 Å². The van der Waals surface area contributed by atoms with Crippen molar-refractivity contribution in [3.63, 3.8) is 0 Å². The SMILES string of the molecule is CCOCCCNC(=O)c1sc2ncnc(N3CCCCCCC3)c2c1C. The second-order valence-electron chi connectivity index (χ2n) is 6.99. The number of carbonyl (C=O) groups is 1. The lowest BCUT2D eigenvalue weighted by Gasteiger charge is -2.26. The van der Waals surface area contributed by atoms with E-state index in [0.717, 1.165) is 46.0 Å². The van der Waals surface area contributed by atoms with Crippen LogP contribution in [0, 0.1) is 6.92 Å². The highest BCUT2D eigenvalue weighted by molar-refractivity contribution is 7.20. The summed E-state index contributed by atoms with van der Waals surface area (Å²) in [6, 6.07) is 0. The first-order chi connectivity index (χ1) is 13.2. The van der Waals surface area contributed by atoms with Gasteiger partial charge in [-0.1, -0.05) is 19.3 Å². The maximum atomic E-state index is 12.7. The third-order valence-electron chi connectivity index (χ3n) is 5.02. The fourth-order valence-corrected chi connectivity index (χ4v) is 4.63. The molecule has 0 aromatic carbocycles. The lowest BCUT2D eigenvalue weighted by molar-refractivity contribution is 0.0948. The van der Waals surface area contributed by atoms with Crippen LogP contribution in [0.25, 0.3) is 10.2 Å². The van der Waals surface area contributed by atoms with Crippen molar-refractivity contribution >= 4 is 33.3 Å². The molecule has 0 unspecified atom stereocenters. The molecule has 0 bridgehead atoms. The van der Waals surface area contributed by atoms with E-state index in [1.54, 1.807) is 6.33 Å². The third kappa shape index (κ3) is 4.96. The molecule has 0 radical (unpaired) electrons. The van der Waals surface area contributed by atoms with Crippen LogP contribution < -0.4 is 10.2 Å². The predicted molar refractivity (Wildman–Crippen MR) is 111 cm³/mol. The Hall–Kier alpha value is -1.73. The van der Waals surface area contributed by atoms with Gasteiger partial charge in [-0.25, -0.2) is 9.97 Å². The van der Waals surface area contributed by atoms with Gasteiger partial charge in [-0.15, -0.1) is 11.3 Å². The van der Waals surface area contributed by atoms with Gasteiger partial charge in [-0.05, 0) is 38.7 Å². The maximum Gasteiger partial charge on any atom is 0.261 e. The molecule has 3 heterocycles. The molecule has 0 saturated carbocycles. The monoisotopic (exact) mass is 390 g/mol. The van der Waals surface area contributed by atoms with Gasteiger partial charge in [0.1, 0.15) is 17.0 Å². The Bertz CT molecular complexity index is 754. The summed E-state index contributed by atoms with van der Waals surface area (Å²) in [4.78, 5) is 25.7. The molecule has 148 valence electrons. The van der Waals surface area contributed by atoms with Crippen molar-refractivity contribution in [1.82, 2.24) is 15.3 Å². The first-order valence-corrected chi connectivity index (χ1v) is 10.9. The lowest BCUT2D eigenvalue weighted by Crippen LogP contribution is -2.28. The first kappa shape index (κ1) is 20.0. The smallest absolute Gasteiger partial charge is 0.261 e. The first-order valence-electron chi connectivity index (χ1n) is 10.1. The van der Waals surface area contributed by atoms with E-state index < -0.39 is 0 Å². The van der Waals surface area contributed by atoms with Crippen molar-refractivity contribution in [2.24, 2.45) is 0 Å². The van der Waals surface area contributed by atoms with Gasteiger partial charge in [0.05, 0.1) is 10.3 Å². The van der Waals surface area contributed by atoms with Gasteiger partial charge in [0, 0.05) is 32.8 Å². The minimum Gasteiger partial charge on any atom is -0.382 e. The normalized spacial score (nSPS) is 15.6. The maximum absolute atomic E-state index is 12.7. The number of thiophene rings is 1. The highest BCUT2D eigenvalue weighted by Crippen LogP contribution is 2.35. The number of nitrogens with zero attached hydrogens (tertiary/aromatic N) is 3. The van der Waals surface area contributed by atoms with Crippen LogP contribution in [0.15, 0.2) is 6.33 Å². The summed E-state index contributed by atoms with van der Waals surface area (Å²) in [6.45, 7) is 8.06. The van der Waals surface area contributed by atoms with E-state index in [1.807, 2.05) is 13.8 Å². The Balaban J connectivity index is 1.78. The molecule has 6 nitrogen and oxygen atoms in total. The summed E-state index contributed by atoms with van der Waals surface area (Å²) in [5, 5.41) is 4.05. The van der Waals surface area contributed by atoms with Crippen molar-refractivity contribution in [1.29, 1.82) is 0 Å². The zero-order chi connectivity index (χ0) is 19.1. The summed E-state index contributed by atoms with van der Waals surface area (Å²) in [6.07, 6.45) is 8.74. The molecule has 0 aliphatic carbocycles. The zero-order valence-corrected chi connectivity index (χ0v) is 17.2. The number of rotatable bonds is 7. The van der Waals surface area contributed by atoms with Crippen molar-refractivity contribution in [3.05, 3.63) is 16.8 Å². The molecular formula is C20H30N4O2S. The van der Waals surface area contributed by atoms with E-state index in [0.29, 0.717) is 19.8 Å². The molecule has 2 aromatic rings. The fraction of sp³-hybridized carbons (Fsp3) is 0.650. The minimum atomic E-state index is -0.0226. The summed E-state index contributed by atoms with van der Waals surface area (Å²) in [5.74, 6) is 0.969. The molecule has 1 N–H and O–H groups in total. The summed E-state index contributed by atoms with van der Waals surface area (Å²) in [7, 11) is 0. The average Bonchev–Trinajstić information content (AvgIpc) is 2.98. The number of ether oxygens (including phenoxy) is 1. The van der Waals surface area contributed by atoms with Crippen LogP contribution >= 0.6 is 11.3 Å². The van der Waals surface area contributed by atoms with Crippen LogP contribution in [0.1, 0.15) is 60.7 Å². The minimum absolute atomic E-state index is 0.0226. The Kier molecular flexibility index (Phi) is 7.41. The number of hydrogen-bond donors (Lipinski definition) is 1. The molecule has 27 heavy (non-hydrogen) atoms. The number of aryl methyl sites for hydroxylation is 1. The number of amides is 1. The van der Waals surface area contributed by atoms with Gasteiger partial charge in [0.2, 0.25) is 0 Å². The van der Waals surface area contributed by atoms with Crippen molar-refractivity contribution in [3.8, 4) is 0 Å². The van der Waals surface area contributed by atoms with Gasteiger partial charge in [0.15, 0.2) is 0 Å². The Morgan fingerprint density at radius 1 is 1.22 bits per heavy atom. The van der Waals surface area contributed by atoms with E-state index >= 15 is 0 Å². The summed E-state index contributed by atoms with van der Waals surface area (Å²) < 4.78 is 5.32. The molecule has 7 heteroatoms. The quantitative estimate of drug-likeness (QED) is 0.726. The molecule has 1 amide bonds. The molecule has 3 rings (SSSR count). The van der Waals surface area contributed by atoms with Crippen LogP contribution in [0.2, 0.25) is 0 Å². The summed E-state index contributed by atoms with van der Waals surface area (Å²) in [5.41, 5.74) is 0.995. The van der Waals surface area contributed by atoms with E-state index in [2.05, 4.69) is 20.2 Å². The van der Waals surface area contributed by atoms with Crippen molar-refractivity contribution in [2.75, 3.05) is 37.7 Å². The number of anilines is 1. The second kappa shape index (κ2) is 9.99. The molecule has 1 aliphatic heterocycles. The van der Waals surface area contributed by atoms with Crippen molar-refractivity contribution in [2.45, 2.75) is 52.4 Å². The van der Waals surface area contributed by atoms with E-state index in [1.165, 1.54) is 43.4 Å². The van der Waals surface area contributed by atoms with E-state index in [4.69, 9.17) is 4.74 Å². The van der Waals surface area contributed by atoms with Crippen LogP contribution in [0.4, 0.5) is 5.82 Å². The summed E-state index contributed by atoms with van der Waals surface area (Å²) >= 11 is 1.47. The lowest BCUT2D eigenvalue weighted by atomic mass is 10.1. The third-order valence-corrected chi connectivity index (χ3v) is 6.22. The van der Waals surface area contributed by atoms with Crippen LogP contribution in [0.5, 0.6) is 0 Å². The Morgan fingerprint density at radius 3 is 2.70 bits per heavy atom. The fourth-order valence-electron chi connectivity index (χ4n) is 3.57. The van der Waals surface area contributed by atoms with Gasteiger partial charge in [-0.3, -0.25) is 4.79 Å². The second-order valence-corrected chi connectivity index (χ2v) is 7.99. The average molecular weight is 391 g/mol. The zero-order valence-electron chi connectivity index (χ0n) is 16.4. The predicted octanol–water partition coefficient (Wildman–Crippen LogP) is 3.93. The number of fused-ring (bicyclic) bond motifs is 1. The number of carbonyl (C=O) groups excluding carboxylic acids is 1. The highest BCUT2D eigenvalue weighted by atomic mass is 32.1. The highest BCUT2D eigenvalue weighted by Gasteiger charge is 2.22. The molecule has 2 aromatic heterocycles. The topological polar surface area (TPSA) is 67.3 Å². The Labute approximate surface area is 165 Å². The van der Waals surface area contributed by atoms with E-state index in [-0.39, 0.29) is 5.91 Å². The molecule has 0 spiro atoms. The van der Waals surface area contributed by atoms with Crippen LogP contribution in [0.3, 0.4) is 0 Å². The number of aromatic nitrogens is 2. The van der Waals surface area contributed by atoms with Crippen molar-refractivity contribution < 1.29 is 9.53 Å². The molecule has 1 aliphatic rings.